The average molecular weight is 496 g/mol. The molecule has 1 saturated heterocycles. The van der Waals surface area contributed by atoms with Crippen LogP contribution in [0.2, 0.25) is 5.02 Å². The quantitative estimate of drug-likeness (QED) is 0.640. The molecule has 2 N–H and O–H groups in total. The zero-order valence-electron chi connectivity index (χ0n) is 16.9. The minimum Gasteiger partial charge on any atom is -0.381 e. The summed E-state index contributed by atoms with van der Waals surface area (Å²) in [6.07, 6.45) is -2.05. The van der Waals surface area contributed by atoms with Crippen molar-refractivity contribution in [2.45, 2.75) is 31.5 Å². The van der Waals surface area contributed by atoms with Gasteiger partial charge in [-0.1, -0.05) is 11.6 Å². The van der Waals surface area contributed by atoms with Crippen molar-refractivity contribution in [2.75, 3.05) is 22.8 Å². The number of hydrogen-bond donors (Lipinski definition) is 2. The molecule has 2 aromatic rings. The lowest BCUT2D eigenvalue weighted by Gasteiger charge is -2.33. The molecule has 32 heavy (non-hydrogen) atoms. The lowest BCUT2D eigenvalue weighted by atomic mass is 10.1. The second-order valence-electron chi connectivity index (χ2n) is 7.21. The maximum Gasteiger partial charge on any atom is 0.393 e. The maximum atomic E-state index is 13.1. The molecule has 1 aliphatic rings. The summed E-state index contributed by atoms with van der Waals surface area (Å²) in [6.45, 7) is 0.710. The number of alkyl halides is 3. The number of nitrogens with one attached hydrogen (secondary N) is 2. The monoisotopic (exact) mass is 495 g/mol. The van der Waals surface area contributed by atoms with Crippen LogP contribution in [0.15, 0.2) is 30.6 Å². The number of urea groups is 1. The fourth-order valence-corrected chi connectivity index (χ4v) is 4.98. The Bertz CT molecular complexity index is 1070. The number of amides is 2. The number of aryl methyl sites for hydroxylation is 1. The number of hydrogen-bond acceptors (Lipinski definition) is 5. The molecule has 0 unspecified atom stereocenters. The van der Waals surface area contributed by atoms with Gasteiger partial charge in [-0.3, -0.25) is 4.68 Å². The van der Waals surface area contributed by atoms with E-state index in [0.29, 0.717) is 26.1 Å². The topological polar surface area (TPSA) is 106 Å². The summed E-state index contributed by atoms with van der Waals surface area (Å²) >= 11 is 5.84. The fourth-order valence-electron chi connectivity index (χ4n) is 3.37. The van der Waals surface area contributed by atoms with E-state index in [9.17, 15) is 26.4 Å². The molecule has 3 rings (SSSR count). The number of halogens is 4. The van der Waals surface area contributed by atoms with Gasteiger partial charge in [0.2, 0.25) is 0 Å². The summed E-state index contributed by atoms with van der Waals surface area (Å²) in [7, 11) is -2.76. The number of carbonyl (C=O) groups is 1. The molecule has 176 valence electrons. The normalized spacial score (nSPS) is 15.4. The maximum absolute atomic E-state index is 13.1. The van der Waals surface area contributed by atoms with Gasteiger partial charge in [0.05, 0.1) is 24.3 Å². The molecule has 0 atom stereocenters. The lowest BCUT2D eigenvalue weighted by Crippen LogP contribution is -2.51. The Balaban J connectivity index is 1.79. The van der Waals surface area contributed by atoms with Crippen LogP contribution in [-0.2, 0) is 28.4 Å². The van der Waals surface area contributed by atoms with Crippen LogP contribution in [0.4, 0.5) is 29.3 Å². The molecule has 0 spiro atoms. The van der Waals surface area contributed by atoms with E-state index < -0.39 is 34.9 Å². The SMILES string of the molecule is Cn1cc(N(C2CCOCC2)S(=O)(=O)NC(=O)Nc2cc(Cl)cc(CC(F)(F)F)c2)cn1. The standard InChI is InChI=1S/C18H21ClF3N5O4S/c1-26-11-16(10-23-26)27(15-2-4-31-5-3-15)32(29,30)25-17(28)24-14-7-12(6-13(19)8-14)9-18(20,21)22/h6-8,10-11,15H,2-5,9H2,1H3,(H2,24,25,28). The third-order valence-electron chi connectivity index (χ3n) is 4.57. The van der Waals surface area contributed by atoms with Gasteiger partial charge in [0.25, 0.3) is 0 Å². The Morgan fingerprint density at radius 3 is 2.59 bits per heavy atom. The van der Waals surface area contributed by atoms with Crippen LogP contribution in [0.3, 0.4) is 0 Å². The van der Waals surface area contributed by atoms with Gasteiger partial charge in [-0.25, -0.2) is 13.8 Å². The van der Waals surface area contributed by atoms with Crippen molar-refractivity contribution in [1.82, 2.24) is 14.5 Å². The molecule has 0 aliphatic carbocycles. The molecule has 0 radical (unpaired) electrons. The zero-order valence-corrected chi connectivity index (χ0v) is 18.5. The molecule has 1 fully saturated rings. The Kier molecular flexibility index (Phi) is 7.20. The van der Waals surface area contributed by atoms with Crippen LogP contribution in [0.25, 0.3) is 0 Å². The number of aromatic nitrogens is 2. The highest BCUT2D eigenvalue weighted by atomic mass is 35.5. The highest BCUT2D eigenvalue weighted by Crippen LogP contribution is 2.27. The van der Waals surface area contributed by atoms with Crippen LogP contribution >= 0.6 is 11.6 Å². The number of rotatable bonds is 6. The lowest BCUT2D eigenvalue weighted by molar-refractivity contribution is -0.127. The first kappa shape index (κ1) is 24.1. The summed E-state index contributed by atoms with van der Waals surface area (Å²) in [5.41, 5.74) is 0.000660. The molecular formula is C18H21ClF3N5O4S. The number of benzene rings is 1. The van der Waals surface area contributed by atoms with Crippen molar-refractivity contribution < 1.29 is 31.1 Å². The van der Waals surface area contributed by atoms with Gasteiger partial charge in [-0.15, -0.1) is 0 Å². The van der Waals surface area contributed by atoms with E-state index in [2.05, 4.69) is 10.4 Å². The molecule has 9 nitrogen and oxygen atoms in total. The summed E-state index contributed by atoms with van der Waals surface area (Å²) < 4.78 is 73.8. The number of nitrogens with zero attached hydrogens (tertiary/aromatic N) is 3. The van der Waals surface area contributed by atoms with Crippen LogP contribution in [-0.4, -0.2) is 49.7 Å². The van der Waals surface area contributed by atoms with E-state index in [1.165, 1.54) is 23.1 Å². The van der Waals surface area contributed by atoms with Crippen molar-refractivity contribution in [3.8, 4) is 0 Å². The first-order chi connectivity index (χ1) is 14.9. The predicted octanol–water partition coefficient (Wildman–Crippen LogP) is 3.23. The first-order valence-electron chi connectivity index (χ1n) is 9.49. The first-order valence-corrected chi connectivity index (χ1v) is 11.3. The highest BCUT2D eigenvalue weighted by molar-refractivity contribution is 7.91. The molecule has 14 heteroatoms. The van der Waals surface area contributed by atoms with Crippen LogP contribution < -0.4 is 14.3 Å². The number of ether oxygens (including phenoxy) is 1. The van der Waals surface area contributed by atoms with E-state index >= 15 is 0 Å². The third-order valence-corrected chi connectivity index (χ3v) is 6.26. The minimum absolute atomic E-state index is 0.0379. The highest BCUT2D eigenvalue weighted by Gasteiger charge is 2.34. The van der Waals surface area contributed by atoms with E-state index in [-0.39, 0.29) is 22.0 Å². The molecular weight excluding hydrogens is 475 g/mol. The van der Waals surface area contributed by atoms with E-state index in [1.54, 1.807) is 7.05 Å². The van der Waals surface area contributed by atoms with Crippen LogP contribution in [0.5, 0.6) is 0 Å². The van der Waals surface area contributed by atoms with Crippen molar-refractivity contribution in [1.29, 1.82) is 0 Å². The van der Waals surface area contributed by atoms with E-state index in [1.807, 2.05) is 4.72 Å². The predicted molar refractivity (Wildman–Crippen MR) is 112 cm³/mol. The Labute approximate surface area is 187 Å². The van der Waals surface area contributed by atoms with Gasteiger partial charge in [0.1, 0.15) is 0 Å². The number of anilines is 2. The van der Waals surface area contributed by atoms with Gasteiger partial charge >= 0.3 is 22.4 Å². The Morgan fingerprint density at radius 1 is 1.31 bits per heavy atom. The minimum atomic E-state index is -4.47. The van der Waals surface area contributed by atoms with Gasteiger partial charge in [0.15, 0.2) is 0 Å². The molecule has 1 aromatic heterocycles. The van der Waals surface area contributed by atoms with Crippen molar-refractivity contribution in [3.63, 3.8) is 0 Å². The Hall–Kier alpha value is -2.51. The number of carbonyl (C=O) groups excluding carboxylic acids is 1. The smallest absolute Gasteiger partial charge is 0.381 e. The van der Waals surface area contributed by atoms with Gasteiger partial charge in [0, 0.05) is 37.2 Å². The van der Waals surface area contributed by atoms with Crippen LogP contribution in [0.1, 0.15) is 18.4 Å². The van der Waals surface area contributed by atoms with Gasteiger partial charge in [-0.05, 0) is 36.6 Å². The molecule has 0 bridgehead atoms. The zero-order chi connectivity index (χ0) is 23.5. The average Bonchev–Trinajstić information content (AvgIpc) is 3.05. The van der Waals surface area contributed by atoms with E-state index in [4.69, 9.17) is 16.3 Å². The summed E-state index contributed by atoms with van der Waals surface area (Å²) in [4.78, 5) is 12.4. The molecule has 2 amide bonds. The van der Waals surface area contributed by atoms with E-state index in [0.717, 1.165) is 16.4 Å². The molecule has 2 heterocycles. The Morgan fingerprint density at radius 2 is 2.00 bits per heavy atom. The van der Waals surface area contributed by atoms with Crippen LogP contribution in [0, 0.1) is 0 Å². The largest absolute Gasteiger partial charge is 0.393 e. The van der Waals surface area contributed by atoms with Gasteiger partial charge < -0.3 is 10.1 Å². The summed E-state index contributed by atoms with van der Waals surface area (Å²) in [5, 5.41) is 6.17. The van der Waals surface area contributed by atoms with Gasteiger partial charge in [-0.2, -0.15) is 26.7 Å². The second-order valence-corrected chi connectivity index (χ2v) is 9.20. The summed E-state index contributed by atoms with van der Waals surface area (Å²) in [6, 6.07) is 1.78. The second kappa shape index (κ2) is 9.55. The molecule has 1 aromatic carbocycles. The fraction of sp³-hybridized carbons (Fsp3) is 0.444. The van der Waals surface area contributed by atoms with Crippen molar-refractivity contribution >= 4 is 39.2 Å². The van der Waals surface area contributed by atoms with Crippen molar-refractivity contribution in [2.24, 2.45) is 7.05 Å². The molecule has 1 aliphatic heterocycles. The summed E-state index contributed by atoms with van der Waals surface area (Å²) in [5.74, 6) is 0. The van der Waals surface area contributed by atoms with Crippen molar-refractivity contribution in [3.05, 3.63) is 41.2 Å². The molecule has 0 saturated carbocycles. The third kappa shape index (κ3) is 6.50.